The first-order valence-electron chi connectivity index (χ1n) is 7.36. The zero-order chi connectivity index (χ0) is 12.8. The van der Waals surface area contributed by atoms with E-state index in [1.54, 1.807) is 0 Å². The maximum Gasteiger partial charge on any atom is 0.0714 e. The normalized spacial score (nSPS) is 23.8. The largest absolute Gasteiger partial charge is 0.377 e. The van der Waals surface area contributed by atoms with Crippen LogP contribution in [0.4, 0.5) is 0 Å². The van der Waals surface area contributed by atoms with Crippen molar-refractivity contribution in [1.29, 1.82) is 0 Å². The highest BCUT2D eigenvalue weighted by Crippen LogP contribution is 2.19. The third kappa shape index (κ3) is 5.39. The van der Waals surface area contributed by atoms with Crippen molar-refractivity contribution < 1.29 is 4.74 Å². The predicted octanol–water partition coefficient (Wildman–Crippen LogP) is 3.56. The molecule has 17 heavy (non-hydrogen) atoms. The van der Waals surface area contributed by atoms with Crippen molar-refractivity contribution in [3.63, 3.8) is 0 Å². The quantitative estimate of drug-likeness (QED) is 0.632. The van der Waals surface area contributed by atoms with Gasteiger partial charge in [-0.25, -0.2) is 0 Å². The second-order valence-corrected chi connectivity index (χ2v) is 6.30. The Morgan fingerprint density at radius 2 is 1.88 bits per heavy atom. The Labute approximate surface area is 108 Å². The molecular formula is C15H31NO. The standard InChI is InChI=1S/C15H31NO/c1-12(2)7-6-10-17-15-8-9-16(11-15)14(5)13(3)4/h12-15H,6-11H2,1-5H3/t14?,15-/m1/s1. The van der Waals surface area contributed by atoms with Crippen LogP contribution in [0, 0.1) is 11.8 Å². The highest BCUT2D eigenvalue weighted by atomic mass is 16.5. The Hall–Kier alpha value is -0.0800. The van der Waals surface area contributed by atoms with Crippen molar-refractivity contribution in [2.45, 2.75) is 66.0 Å². The summed E-state index contributed by atoms with van der Waals surface area (Å²) in [5.41, 5.74) is 0. The molecule has 0 aromatic heterocycles. The molecule has 0 saturated carbocycles. The van der Waals surface area contributed by atoms with Crippen molar-refractivity contribution in [3.8, 4) is 0 Å². The number of likely N-dealkylation sites (tertiary alicyclic amines) is 1. The number of hydrogen-bond acceptors (Lipinski definition) is 2. The fraction of sp³-hybridized carbons (Fsp3) is 1.00. The minimum absolute atomic E-state index is 0.489. The molecule has 0 bridgehead atoms. The molecule has 1 fully saturated rings. The van der Waals surface area contributed by atoms with Crippen molar-refractivity contribution >= 4 is 0 Å². The van der Waals surface area contributed by atoms with Crippen molar-refractivity contribution in [2.75, 3.05) is 19.7 Å². The van der Waals surface area contributed by atoms with Gasteiger partial charge in [0.15, 0.2) is 0 Å². The summed E-state index contributed by atoms with van der Waals surface area (Å²) in [5.74, 6) is 1.55. The van der Waals surface area contributed by atoms with Gasteiger partial charge < -0.3 is 4.74 Å². The Morgan fingerprint density at radius 1 is 1.18 bits per heavy atom. The fourth-order valence-corrected chi connectivity index (χ4v) is 2.42. The van der Waals surface area contributed by atoms with Gasteiger partial charge in [-0.05, 0) is 38.0 Å². The summed E-state index contributed by atoms with van der Waals surface area (Å²) in [5, 5.41) is 0. The van der Waals surface area contributed by atoms with Crippen LogP contribution in [0.2, 0.25) is 0 Å². The fourth-order valence-electron chi connectivity index (χ4n) is 2.42. The first-order valence-corrected chi connectivity index (χ1v) is 7.36. The van der Waals surface area contributed by atoms with Crippen LogP contribution < -0.4 is 0 Å². The smallest absolute Gasteiger partial charge is 0.0714 e. The zero-order valence-corrected chi connectivity index (χ0v) is 12.4. The molecule has 102 valence electrons. The maximum atomic E-state index is 5.97. The summed E-state index contributed by atoms with van der Waals surface area (Å²) in [4.78, 5) is 2.58. The van der Waals surface area contributed by atoms with E-state index in [1.165, 1.54) is 25.8 Å². The monoisotopic (exact) mass is 241 g/mol. The highest BCUT2D eigenvalue weighted by molar-refractivity contribution is 4.81. The van der Waals surface area contributed by atoms with Crippen LogP contribution in [0.5, 0.6) is 0 Å². The van der Waals surface area contributed by atoms with Gasteiger partial charge in [-0.2, -0.15) is 0 Å². The molecule has 0 aromatic rings. The molecule has 0 N–H and O–H groups in total. The van der Waals surface area contributed by atoms with Crippen LogP contribution in [0.25, 0.3) is 0 Å². The van der Waals surface area contributed by atoms with Crippen molar-refractivity contribution in [2.24, 2.45) is 11.8 Å². The summed E-state index contributed by atoms with van der Waals surface area (Å²) in [6.07, 6.45) is 4.22. The molecule has 1 saturated heterocycles. The topological polar surface area (TPSA) is 12.5 Å². The Morgan fingerprint density at radius 3 is 2.47 bits per heavy atom. The van der Waals surface area contributed by atoms with E-state index >= 15 is 0 Å². The predicted molar refractivity (Wildman–Crippen MR) is 74.3 cm³/mol. The van der Waals surface area contributed by atoms with E-state index < -0.39 is 0 Å². The minimum Gasteiger partial charge on any atom is -0.377 e. The van der Waals surface area contributed by atoms with E-state index in [4.69, 9.17) is 4.74 Å². The molecule has 0 amide bonds. The van der Waals surface area contributed by atoms with Crippen LogP contribution in [0.3, 0.4) is 0 Å². The zero-order valence-electron chi connectivity index (χ0n) is 12.4. The molecule has 0 radical (unpaired) electrons. The second kappa shape index (κ2) is 7.38. The van der Waals surface area contributed by atoms with Gasteiger partial charge in [-0.15, -0.1) is 0 Å². The third-order valence-corrected chi connectivity index (χ3v) is 4.00. The number of rotatable bonds is 7. The van der Waals surface area contributed by atoms with Gasteiger partial charge in [-0.3, -0.25) is 4.90 Å². The summed E-state index contributed by atoms with van der Waals surface area (Å²) in [6, 6.07) is 0.694. The van der Waals surface area contributed by atoms with Gasteiger partial charge in [0, 0.05) is 25.7 Å². The summed E-state index contributed by atoms with van der Waals surface area (Å²) >= 11 is 0. The molecule has 1 rings (SSSR count). The first kappa shape index (κ1) is 15.0. The van der Waals surface area contributed by atoms with Gasteiger partial charge >= 0.3 is 0 Å². The summed E-state index contributed by atoms with van der Waals surface area (Å²) in [7, 11) is 0. The van der Waals surface area contributed by atoms with Crippen LogP contribution >= 0.6 is 0 Å². The minimum atomic E-state index is 0.489. The Balaban J connectivity index is 2.13. The molecule has 0 aromatic carbocycles. The molecule has 2 heteroatoms. The van der Waals surface area contributed by atoms with Crippen LogP contribution in [-0.4, -0.2) is 36.7 Å². The lowest BCUT2D eigenvalue weighted by molar-refractivity contribution is 0.0499. The van der Waals surface area contributed by atoms with E-state index in [1.807, 2.05) is 0 Å². The molecule has 2 atom stereocenters. The van der Waals surface area contributed by atoms with Crippen molar-refractivity contribution in [1.82, 2.24) is 4.90 Å². The molecule has 1 unspecified atom stereocenters. The average molecular weight is 241 g/mol. The maximum absolute atomic E-state index is 5.97. The first-order chi connectivity index (χ1) is 8.00. The van der Waals surface area contributed by atoms with Gasteiger partial charge in [0.25, 0.3) is 0 Å². The van der Waals surface area contributed by atoms with E-state index in [-0.39, 0.29) is 0 Å². The number of hydrogen-bond donors (Lipinski definition) is 0. The SMILES string of the molecule is CC(C)CCCO[C@@H]1CCN(C(C)C(C)C)C1. The van der Waals surface area contributed by atoms with E-state index in [2.05, 4.69) is 39.5 Å². The van der Waals surface area contributed by atoms with Gasteiger partial charge in [0.1, 0.15) is 0 Å². The molecule has 1 aliphatic heterocycles. The van der Waals surface area contributed by atoms with Crippen molar-refractivity contribution in [3.05, 3.63) is 0 Å². The number of ether oxygens (including phenoxy) is 1. The lowest BCUT2D eigenvalue weighted by Gasteiger charge is -2.27. The van der Waals surface area contributed by atoms with Crippen LogP contribution in [0.1, 0.15) is 53.9 Å². The molecule has 1 aliphatic rings. The number of nitrogens with zero attached hydrogens (tertiary/aromatic N) is 1. The Kier molecular flexibility index (Phi) is 6.50. The lowest BCUT2D eigenvalue weighted by atomic mass is 10.1. The highest BCUT2D eigenvalue weighted by Gasteiger charge is 2.27. The molecule has 1 heterocycles. The van der Waals surface area contributed by atoms with Gasteiger partial charge in [-0.1, -0.05) is 27.7 Å². The summed E-state index contributed by atoms with van der Waals surface area (Å²) in [6.45, 7) is 14.8. The van der Waals surface area contributed by atoms with Gasteiger partial charge in [0.2, 0.25) is 0 Å². The molecule has 0 spiro atoms. The van der Waals surface area contributed by atoms with Crippen LogP contribution in [0.15, 0.2) is 0 Å². The summed E-state index contributed by atoms with van der Waals surface area (Å²) < 4.78 is 5.97. The second-order valence-electron chi connectivity index (χ2n) is 6.30. The molecule has 2 nitrogen and oxygen atoms in total. The molecular weight excluding hydrogens is 210 g/mol. The van der Waals surface area contributed by atoms with E-state index in [0.717, 1.165) is 25.0 Å². The third-order valence-electron chi connectivity index (χ3n) is 4.00. The van der Waals surface area contributed by atoms with E-state index in [0.29, 0.717) is 12.1 Å². The van der Waals surface area contributed by atoms with Gasteiger partial charge in [0.05, 0.1) is 6.10 Å². The molecule has 0 aliphatic carbocycles. The lowest BCUT2D eigenvalue weighted by Crippen LogP contribution is -2.35. The van der Waals surface area contributed by atoms with E-state index in [9.17, 15) is 0 Å². The average Bonchev–Trinajstić information content (AvgIpc) is 2.71. The Bertz CT molecular complexity index is 203. The van der Waals surface area contributed by atoms with Crippen LogP contribution in [-0.2, 0) is 4.74 Å².